The van der Waals surface area contributed by atoms with Gasteiger partial charge in [0.15, 0.2) is 0 Å². The highest BCUT2D eigenvalue weighted by molar-refractivity contribution is 6.33. The number of nitrogens with zero attached hydrogens (tertiary/aromatic N) is 1. The second kappa shape index (κ2) is 7.56. The number of carbonyl (C=O) groups is 2. The van der Waals surface area contributed by atoms with Crippen molar-refractivity contribution in [3.05, 3.63) is 68.7 Å². The van der Waals surface area contributed by atoms with Crippen LogP contribution in [0.15, 0.2) is 42.5 Å². The molecule has 0 bridgehead atoms. The van der Waals surface area contributed by atoms with Gasteiger partial charge in [-0.3, -0.25) is 10.1 Å². The van der Waals surface area contributed by atoms with Gasteiger partial charge in [0.1, 0.15) is 5.75 Å². The van der Waals surface area contributed by atoms with E-state index < -0.39 is 16.9 Å². The lowest BCUT2D eigenvalue weighted by atomic mass is 10.2. The number of esters is 2. The third-order valence-corrected chi connectivity index (χ3v) is 3.27. The first kappa shape index (κ1) is 17.4. The number of nitro benzene ring substituents is 1. The molecule has 0 atom stereocenters. The maximum absolute atomic E-state index is 12.1. The summed E-state index contributed by atoms with van der Waals surface area (Å²) >= 11 is 5.87. The monoisotopic (exact) mass is 349 g/mol. The third-order valence-electron chi connectivity index (χ3n) is 2.96. The van der Waals surface area contributed by atoms with E-state index in [4.69, 9.17) is 21.1 Å². The van der Waals surface area contributed by atoms with Crippen molar-refractivity contribution >= 4 is 29.2 Å². The number of carbonyl (C=O) groups excluding carboxylic acids is 2. The van der Waals surface area contributed by atoms with Crippen molar-refractivity contribution in [3.8, 4) is 5.75 Å². The van der Waals surface area contributed by atoms with E-state index >= 15 is 0 Å². The van der Waals surface area contributed by atoms with Crippen LogP contribution in [-0.4, -0.2) is 23.5 Å². The van der Waals surface area contributed by atoms with Gasteiger partial charge in [-0.2, -0.15) is 0 Å². The van der Waals surface area contributed by atoms with E-state index in [1.165, 1.54) is 30.3 Å². The van der Waals surface area contributed by atoms with Crippen LogP contribution in [0.4, 0.5) is 5.69 Å². The lowest BCUT2D eigenvalue weighted by Crippen LogP contribution is -2.10. The molecular formula is C16H12ClNO6. The Bertz CT molecular complexity index is 788. The highest BCUT2D eigenvalue weighted by Gasteiger charge is 2.17. The lowest BCUT2D eigenvalue weighted by molar-refractivity contribution is -0.384. The van der Waals surface area contributed by atoms with E-state index in [-0.39, 0.29) is 28.6 Å². The average molecular weight is 350 g/mol. The fourth-order valence-electron chi connectivity index (χ4n) is 1.82. The Balaban J connectivity index is 2.12. The fourth-order valence-corrected chi connectivity index (χ4v) is 2.07. The molecule has 0 saturated carbocycles. The molecule has 0 spiro atoms. The number of ether oxygens (including phenoxy) is 2. The largest absolute Gasteiger partial charge is 0.462 e. The topological polar surface area (TPSA) is 95.7 Å². The number of rotatable bonds is 5. The first-order valence-electron chi connectivity index (χ1n) is 6.85. The molecule has 0 unspecified atom stereocenters. The molecule has 0 aliphatic rings. The van der Waals surface area contributed by atoms with Gasteiger partial charge in [0.25, 0.3) is 5.69 Å². The summed E-state index contributed by atoms with van der Waals surface area (Å²) in [7, 11) is 0. The van der Waals surface area contributed by atoms with Crippen LogP contribution in [0.1, 0.15) is 27.6 Å². The number of nitro groups is 1. The molecule has 0 aliphatic heterocycles. The van der Waals surface area contributed by atoms with Crippen molar-refractivity contribution in [1.82, 2.24) is 0 Å². The summed E-state index contributed by atoms with van der Waals surface area (Å²) in [5.74, 6) is -1.05. The Labute approximate surface area is 141 Å². The van der Waals surface area contributed by atoms with Gasteiger partial charge < -0.3 is 9.47 Å². The van der Waals surface area contributed by atoms with Crippen LogP contribution >= 0.6 is 11.6 Å². The van der Waals surface area contributed by atoms with Crippen LogP contribution in [0.5, 0.6) is 5.75 Å². The minimum Gasteiger partial charge on any atom is -0.462 e. The minimum atomic E-state index is -0.765. The van der Waals surface area contributed by atoms with Gasteiger partial charge in [-0.05, 0) is 37.3 Å². The molecule has 0 saturated heterocycles. The van der Waals surface area contributed by atoms with E-state index in [1.54, 1.807) is 6.92 Å². The number of hydrogen-bond acceptors (Lipinski definition) is 6. The Morgan fingerprint density at radius 2 is 1.79 bits per heavy atom. The molecule has 0 aliphatic carbocycles. The van der Waals surface area contributed by atoms with Crippen LogP contribution in [0, 0.1) is 10.1 Å². The summed E-state index contributed by atoms with van der Waals surface area (Å²) in [6.45, 7) is 1.95. The van der Waals surface area contributed by atoms with Crippen LogP contribution < -0.4 is 4.74 Å². The zero-order chi connectivity index (χ0) is 17.7. The van der Waals surface area contributed by atoms with E-state index in [9.17, 15) is 19.7 Å². The van der Waals surface area contributed by atoms with Gasteiger partial charge in [0.2, 0.25) is 0 Å². The van der Waals surface area contributed by atoms with E-state index in [1.807, 2.05) is 0 Å². The molecular weight excluding hydrogens is 338 g/mol. The Morgan fingerprint density at radius 1 is 1.12 bits per heavy atom. The number of benzene rings is 2. The molecule has 0 heterocycles. The van der Waals surface area contributed by atoms with Crippen LogP contribution in [0.3, 0.4) is 0 Å². The van der Waals surface area contributed by atoms with Gasteiger partial charge in [0, 0.05) is 12.1 Å². The summed E-state index contributed by atoms with van der Waals surface area (Å²) in [5.41, 5.74) is 0.0945. The molecule has 7 nitrogen and oxygen atoms in total. The fraction of sp³-hybridized carbons (Fsp3) is 0.125. The molecule has 2 rings (SSSR count). The normalized spacial score (nSPS) is 10.1. The Hall–Kier alpha value is -2.93. The standard InChI is InChI=1S/C16H12ClNO6/c1-2-23-15(19)10-3-6-12(7-4-10)24-16(20)13-8-5-11(18(21)22)9-14(13)17/h3-9H,2H2,1H3. The highest BCUT2D eigenvalue weighted by Crippen LogP contribution is 2.24. The molecule has 2 aromatic rings. The molecule has 0 aromatic heterocycles. The van der Waals surface area contributed by atoms with Crippen molar-refractivity contribution < 1.29 is 24.0 Å². The quantitative estimate of drug-likeness (QED) is 0.354. The molecule has 0 radical (unpaired) electrons. The third kappa shape index (κ3) is 4.08. The molecule has 0 N–H and O–H groups in total. The van der Waals surface area contributed by atoms with Crippen molar-refractivity contribution in [3.63, 3.8) is 0 Å². The summed E-state index contributed by atoms with van der Waals surface area (Å²) in [6.07, 6.45) is 0. The van der Waals surface area contributed by atoms with Crippen molar-refractivity contribution in [2.24, 2.45) is 0 Å². The Morgan fingerprint density at radius 3 is 2.33 bits per heavy atom. The predicted molar refractivity (Wildman–Crippen MR) is 85.5 cm³/mol. The number of halogens is 1. The molecule has 2 aromatic carbocycles. The zero-order valence-electron chi connectivity index (χ0n) is 12.5. The average Bonchev–Trinajstić information content (AvgIpc) is 2.55. The molecule has 0 fully saturated rings. The number of hydrogen-bond donors (Lipinski definition) is 0. The second-order valence-corrected chi connectivity index (χ2v) is 4.96. The molecule has 24 heavy (non-hydrogen) atoms. The summed E-state index contributed by atoms with van der Waals surface area (Å²) < 4.78 is 9.98. The van der Waals surface area contributed by atoms with E-state index in [0.29, 0.717) is 5.56 Å². The maximum atomic E-state index is 12.1. The van der Waals surface area contributed by atoms with E-state index in [2.05, 4.69) is 0 Å². The van der Waals surface area contributed by atoms with Crippen molar-refractivity contribution in [2.75, 3.05) is 6.61 Å². The first-order valence-corrected chi connectivity index (χ1v) is 7.23. The summed E-state index contributed by atoms with van der Waals surface area (Å²) in [4.78, 5) is 33.6. The molecule has 8 heteroatoms. The molecule has 0 amide bonds. The van der Waals surface area contributed by atoms with Crippen LogP contribution in [0.2, 0.25) is 5.02 Å². The SMILES string of the molecule is CCOC(=O)c1ccc(OC(=O)c2ccc([N+](=O)[O-])cc2Cl)cc1. The smallest absolute Gasteiger partial charge is 0.345 e. The second-order valence-electron chi connectivity index (χ2n) is 4.56. The van der Waals surface area contributed by atoms with Crippen LogP contribution in [-0.2, 0) is 4.74 Å². The van der Waals surface area contributed by atoms with Crippen molar-refractivity contribution in [2.45, 2.75) is 6.92 Å². The number of non-ortho nitro benzene ring substituents is 1. The summed E-state index contributed by atoms with van der Waals surface area (Å²) in [6, 6.07) is 9.23. The van der Waals surface area contributed by atoms with E-state index in [0.717, 1.165) is 12.1 Å². The summed E-state index contributed by atoms with van der Waals surface area (Å²) in [5, 5.41) is 10.6. The Kier molecular flexibility index (Phi) is 5.49. The van der Waals surface area contributed by atoms with Crippen molar-refractivity contribution in [1.29, 1.82) is 0 Å². The van der Waals surface area contributed by atoms with Gasteiger partial charge in [0.05, 0.1) is 27.7 Å². The van der Waals surface area contributed by atoms with Gasteiger partial charge in [-0.15, -0.1) is 0 Å². The highest BCUT2D eigenvalue weighted by atomic mass is 35.5. The van der Waals surface area contributed by atoms with Gasteiger partial charge >= 0.3 is 11.9 Å². The van der Waals surface area contributed by atoms with Crippen LogP contribution in [0.25, 0.3) is 0 Å². The maximum Gasteiger partial charge on any atom is 0.345 e. The van der Waals surface area contributed by atoms with Gasteiger partial charge in [-0.25, -0.2) is 9.59 Å². The zero-order valence-corrected chi connectivity index (χ0v) is 13.3. The van der Waals surface area contributed by atoms with Gasteiger partial charge in [-0.1, -0.05) is 11.6 Å². The predicted octanol–water partition coefficient (Wildman–Crippen LogP) is 3.64. The lowest BCUT2D eigenvalue weighted by Gasteiger charge is -2.07. The molecule has 124 valence electrons. The first-order chi connectivity index (χ1) is 11.4. The minimum absolute atomic E-state index is 0.00302.